The molecule has 216 valence electrons. The second kappa shape index (κ2) is 13.8. The van der Waals surface area contributed by atoms with Crippen molar-refractivity contribution in [3.05, 3.63) is 0 Å². The van der Waals surface area contributed by atoms with Crippen molar-refractivity contribution >= 4 is 29.8 Å². The van der Waals surface area contributed by atoms with Gasteiger partial charge in [0, 0.05) is 34.6 Å². The minimum atomic E-state index is -1.84. The number of ether oxygens (including phenoxy) is 8. The van der Waals surface area contributed by atoms with Crippen LogP contribution in [0.25, 0.3) is 0 Å². The van der Waals surface area contributed by atoms with Gasteiger partial charge in [0.1, 0.15) is 31.0 Å². The lowest BCUT2D eigenvalue weighted by atomic mass is 9.96. The van der Waals surface area contributed by atoms with E-state index in [2.05, 4.69) is 0 Å². The quantitative estimate of drug-likeness (QED) is 0.198. The number of esters is 5. The highest BCUT2D eigenvalue weighted by atomic mass is 16.8. The fourth-order valence-corrected chi connectivity index (χ4v) is 3.98. The van der Waals surface area contributed by atoms with Gasteiger partial charge in [-0.25, -0.2) is 0 Å². The summed E-state index contributed by atoms with van der Waals surface area (Å²) in [5.74, 6) is -4.24. The third kappa shape index (κ3) is 8.31. The highest BCUT2D eigenvalue weighted by Gasteiger charge is 2.55. The predicted molar refractivity (Wildman–Crippen MR) is 116 cm³/mol. The third-order valence-corrected chi connectivity index (χ3v) is 5.36. The molecular formula is C22H32O16. The lowest BCUT2D eigenvalue weighted by Gasteiger charge is -2.47. The molecule has 2 rings (SSSR count). The zero-order valence-corrected chi connectivity index (χ0v) is 21.3. The van der Waals surface area contributed by atoms with Gasteiger partial charge in [0.25, 0.3) is 0 Å². The zero-order valence-electron chi connectivity index (χ0n) is 21.3. The molecule has 2 aliphatic rings. The van der Waals surface area contributed by atoms with Crippen LogP contribution < -0.4 is 0 Å². The fourth-order valence-electron chi connectivity index (χ4n) is 3.98. The summed E-state index contributed by atoms with van der Waals surface area (Å²) in [5.41, 5.74) is 0. The van der Waals surface area contributed by atoms with E-state index in [1.807, 2.05) is 0 Å². The molecule has 0 unspecified atom stereocenters. The Morgan fingerprint density at radius 3 is 1.63 bits per heavy atom. The van der Waals surface area contributed by atoms with Gasteiger partial charge in [-0.2, -0.15) is 0 Å². The average molecular weight is 552 g/mol. The minimum absolute atomic E-state index is 0.534. The SMILES string of the molecule is CC(=O)OC[C@H]1O[C@@H](O[C@H]2[C@H](OC(C)=O)[C@@H](OC(C)=O)[C@H](O)O[C@@H]2CO)[C@H](OC(C)=O)[C@@H](OC(C)=O)[C@@H]1O. The third-order valence-electron chi connectivity index (χ3n) is 5.36. The summed E-state index contributed by atoms with van der Waals surface area (Å²) >= 11 is 0. The van der Waals surface area contributed by atoms with Crippen LogP contribution in [0.3, 0.4) is 0 Å². The lowest BCUT2D eigenvalue weighted by Crippen LogP contribution is -2.66. The molecule has 0 aromatic heterocycles. The second-order valence-electron chi connectivity index (χ2n) is 8.48. The standard InChI is InChI=1S/C22H32O16/c1-8(24)31-7-14-15(29)17(32-9(2)25)20(35-12(5)28)22(37-14)38-16-13(6-23)36-21(30)19(34-11(4)27)18(16)33-10(3)26/h13-23,29-30H,6-7H2,1-5H3/t13-,14-,15-,16-,17+,18+,19-,20-,21-,22+/m1/s1. The molecular weight excluding hydrogens is 520 g/mol. The first-order chi connectivity index (χ1) is 17.7. The number of aliphatic hydroxyl groups excluding tert-OH is 3. The van der Waals surface area contributed by atoms with Gasteiger partial charge in [0.2, 0.25) is 0 Å². The number of carbonyl (C=O) groups is 5. The Morgan fingerprint density at radius 2 is 1.13 bits per heavy atom. The molecule has 2 heterocycles. The zero-order chi connectivity index (χ0) is 28.7. The molecule has 0 amide bonds. The van der Waals surface area contributed by atoms with E-state index in [-0.39, 0.29) is 0 Å². The van der Waals surface area contributed by atoms with Crippen LogP contribution in [0.4, 0.5) is 0 Å². The molecule has 0 saturated carbocycles. The molecule has 0 radical (unpaired) electrons. The average Bonchev–Trinajstić information content (AvgIpc) is 2.79. The molecule has 0 bridgehead atoms. The molecule has 0 spiro atoms. The Hall–Kier alpha value is -2.89. The van der Waals surface area contributed by atoms with E-state index in [4.69, 9.17) is 37.9 Å². The van der Waals surface area contributed by atoms with Crippen molar-refractivity contribution in [2.75, 3.05) is 13.2 Å². The van der Waals surface area contributed by atoms with Crippen molar-refractivity contribution in [2.24, 2.45) is 0 Å². The van der Waals surface area contributed by atoms with Crippen LogP contribution in [-0.4, -0.2) is 120 Å². The number of aliphatic hydroxyl groups is 3. The van der Waals surface area contributed by atoms with E-state index < -0.39 is 104 Å². The molecule has 0 aliphatic carbocycles. The maximum Gasteiger partial charge on any atom is 0.303 e. The van der Waals surface area contributed by atoms with E-state index in [0.29, 0.717) is 0 Å². The van der Waals surface area contributed by atoms with Crippen LogP contribution in [0.2, 0.25) is 0 Å². The van der Waals surface area contributed by atoms with Crippen LogP contribution in [0.5, 0.6) is 0 Å². The Kier molecular flexibility index (Phi) is 11.4. The van der Waals surface area contributed by atoms with E-state index in [0.717, 1.165) is 34.6 Å². The molecule has 38 heavy (non-hydrogen) atoms. The van der Waals surface area contributed by atoms with Crippen LogP contribution in [-0.2, 0) is 61.9 Å². The fraction of sp³-hybridized carbons (Fsp3) is 0.773. The number of hydrogen-bond donors (Lipinski definition) is 3. The van der Waals surface area contributed by atoms with Gasteiger partial charge in [-0.15, -0.1) is 0 Å². The molecule has 0 aromatic rings. The van der Waals surface area contributed by atoms with Gasteiger partial charge >= 0.3 is 29.8 Å². The first kappa shape index (κ1) is 31.3. The molecule has 3 N–H and O–H groups in total. The summed E-state index contributed by atoms with van der Waals surface area (Å²) < 4.78 is 42.5. The maximum atomic E-state index is 11.9. The maximum absolute atomic E-state index is 11.9. The highest BCUT2D eigenvalue weighted by molar-refractivity contribution is 5.68. The smallest absolute Gasteiger partial charge is 0.303 e. The van der Waals surface area contributed by atoms with E-state index >= 15 is 0 Å². The Morgan fingerprint density at radius 1 is 0.632 bits per heavy atom. The van der Waals surface area contributed by atoms with Crippen molar-refractivity contribution in [1.82, 2.24) is 0 Å². The summed E-state index contributed by atoms with van der Waals surface area (Å²) in [4.78, 5) is 58.5. The van der Waals surface area contributed by atoms with Crippen LogP contribution in [0.1, 0.15) is 34.6 Å². The first-order valence-corrected chi connectivity index (χ1v) is 11.5. The molecule has 16 heteroatoms. The number of carbonyl (C=O) groups excluding carboxylic acids is 5. The van der Waals surface area contributed by atoms with Crippen molar-refractivity contribution in [3.8, 4) is 0 Å². The topological polar surface area (TPSA) is 220 Å². The Balaban J connectivity index is 2.51. The Labute approximate surface area is 216 Å². The molecule has 2 fully saturated rings. The molecule has 16 nitrogen and oxygen atoms in total. The second-order valence-corrected chi connectivity index (χ2v) is 8.48. The van der Waals surface area contributed by atoms with Crippen LogP contribution >= 0.6 is 0 Å². The largest absolute Gasteiger partial charge is 0.463 e. The van der Waals surface area contributed by atoms with Crippen LogP contribution in [0, 0.1) is 0 Å². The molecule has 2 saturated heterocycles. The normalized spacial score (nSPS) is 34.9. The van der Waals surface area contributed by atoms with E-state index in [9.17, 15) is 39.3 Å². The summed E-state index contributed by atoms with van der Waals surface area (Å²) in [5, 5.41) is 31.0. The van der Waals surface area contributed by atoms with Gasteiger partial charge in [-0.05, 0) is 0 Å². The van der Waals surface area contributed by atoms with Crippen molar-refractivity contribution in [2.45, 2.75) is 96.0 Å². The molecule has 10 atom stereocenters. The van der Waals surface area contributed by atoms with E-state index in [1.54, 1.807) is 0 Å². The predicted octanol–water partition coefficient (Wildman–Crippen LogP) is -2.54. The van der Waals surface area contributed by atoms with Gasteiger partial charge in [-0.1, -0.05) is 0 Å². The highest BCUT2D eigenvalue weighted by Crippen LogP contribution is 2.33. The summed E-state index contributed by atoms with van der Waals surface area (Å²) in [7, 11) is 0. The molecule has 0 aromatic carbocycles. The minimum Gasteiger partial charge on any atom is -0.463 e. The van der Waals surface area contributed by atoms with Gasteiger partial charge in [-0.3, -0.25) is 24.0 Å². The Bertz CT molecular complexity index is 875. The first-order valence-electron chi connectivity index (χ1n) is 11.5. The van der Waals surface area contributed by atoms with Crippen molar-refractivity contribution < 1.29 is 77.2 Å². The van der Waals surface area contributed by atoms with Gasteiger partial charge in [0.05, 0.1) is 6.61 Å². The number of hydrogen-bond acceptors (Lipinski definition) is 16. The number of rotatable bonds is 9. The summed E-state index contributed by atoms with van der Waals surface area (Å²) in [6.45, 7) is 3.87. The van der Waals surface area contributed by atoms with Crippen LogP contribution in [0.15, 0.2) is 0 Å². The van der Waals surface area contributed by atoms with Crippen molar-refractivity contribution in [1.29, 1.82) is 0 Å². The monoisotopic (exact) mass is 552 g/mol. The van der Waals surface area contributed by atoms with Crippen molar-refractivity contribution in [3.63, 3.8) is 0 Å². The molecule has 2 aliphatic heterocycles. The summed E-state index contributed by atoms with van der Waals surface area (Å²) in [6.07, 6.45) is -16.0. The van der Waals surface area contributed by atoms with Gasteiger partial charge in [0.15, 0.2) is 37.0 Å². The summed E-state index contributed by atoms with van der Waals surface area (Å²) in [6, 6.07) is 0. The van der Waals surface area contributed by atoms with Gasteiger partial charge < -0.3 is 53.2 Å². The van der Waals surface area contributed by atoms with E-state index in [1.165, 1.54) is 0 Å². The lowest BCUT2D eigenvalue weighted by molar-refractivity contribution is -0.356.